The number of nitrogens with zero attached hydrogens (tertiary/aromatic N) is 3. The van der Waals surface area contributed by atoms with E-state index >= 15 is 0 Å². The molecule has 7 heteroatoms. The van der Waals surface area contributed by atoms with Gasteiger partial charge in [-0.25, -0.2) is 17.8 Å². The highest BCUT2D eigenvalue weighted by Gasteiger charge is 2.19. The standard InChI is InChI=1S/C20H24N4O2S/c1-15-5-7-16(8-6-15)13-24-14-21-19(22-24)23-27(25,26)18-11-9-17(10-12-18)20(2,3)4/h5-12,14H,13H2,1-4H3,(H,22,23). The largest absolute Gasteiger partial charge is 0.264 e. The molecule has 2 aromatic carbocycles. The first-order valence-corrected chi connectivity index (χ1v) is 10.2. The number of rotatable bonds is 5. The molecule has 0 fully saturated rings. The highest BCUT2D eigenvalue weighted by Crippen LogP contribution is 2.24. The van der Waals surface area contributed by atoms with Crippen molar-refractivity contribution in [2.45, 2.75) is 44.6 Å². The first-order valence-electron chi connectivity index (χ1n) is 8.72. The van der Waals surface area contributed by atoms with Crippen LogP contribution >= 0.6 is 0 Å². The fourth-order valence-corrected chi connectivity index (χ4v) is 3.56. The third-order valence-corrected chi connectivity index (χ3v) is 5.60. The number of hydrogen-bond donors (Lipinski definition) is 1. The summed E-state index contributed by atoms with van der Waals surface area (Å²) in [6.07, 6.45) is 1.51. The number of sulfonamides is 1. The van der Waals surface area contributed by atoms with Gasteiger partial charge < -0.3 is 0 Å². The van der Waals surface area contributed by atoms with Crippen LogP contribution in [0.15, 0.2) is 59.8 Å². The van der Waals surface area contributed by atoms with Gasteiger partial charge in [-0.1, -0.05) is 62.7 Å². The molecule has 6 nitrogen and oxygen atoms in total. The van der Waals surface area contributed by atoms with Crippen LogP contribution in [0.1, 0.15) is 37.5 Å². The minimum Gasteiger partial charge on any atom is -0.246 e. The minimum atomic E-state index is -3.73. The summed E-state index contributed by atoms with van der Waals surface area (Å²) >= 11 is 0. The molecule has 0 aliphatic heterocycles. The lowest BCUT2D eigenvalue weighted by Gasteiger charge is -2.19. The van der Waals surface area contributed by atoms with Gasteiger partial charge in [0.05, 0.1) is 11.4 Å². The van der Waals surface area contributed by atoms with E-state index in [1.54, 1.807) is 16.8 Å². The van der Waals surface area contributed by atoms with E-state index in [1.807, 2.05) is 43.3 Å². The lowest BCUT2D eigenvalue weighted by Crippen LogP contribution is -2.16. The Hall–Kier alpha value is -2.67. The SMILES string of the molecule is Cc1ccc(Cn2cnc(NS(=O)(=O)c3ccc(C(C)(C)C)cc3)n2)cc1. The van der Waals surface area contributed by atoms with Gasteiger partial charge in [0.2, 0.25) is 0 Å². The van der Waals surface area contributed by atoms with Gasteiger partial charge in [0.25, 0.3) is 16.0 Å². The molecule has 3 rings (SSSR count). The van der Waals surface area contributed by atoms with Crippen molar-refractivity contribution in [2.75, 3.05) is 4.72 Å². The monoisotopic (exact) mass is 384 g/mol. The quantitative estimate of drug-likeness (QED) is 0.727. The van der Waals surface area contributed by atoms with E-state index < -0.39 is 10.0 Å². The third-order valence-electron chi connectivity index (χ3n) is 4.26. The summed E-state index contributed by atoms with van der Waals surface area (Å²) in [7, 11) is -3.73. The van der Waals surface area contributed by atoms with Crippen LogP contribution in [0.4, 0.5) is 5.95 Å². The summed E-state index contributed by atoms with van der Waals surface area (Å²) in [5.74, 6) is 0.0574. The second-order valence-corrected chi connectivity index (χ2v) is 9.31. The van der Waals surface area contributed by atoms with E-state index in [0.717, 1.165) is 11.1 Å². The van der Waals surface area contributed by atoms with Gasteiger partial charge in [-0.2, -0.15) is 4.98 Å². The minimum absolute atomic E-state index is 0.0357. The van der Waals surface area contributed by atoms with Gasteiger partial charge in [-0.15, -0.1) is 5.10 Å². The molecule has 0 spiro atoms. The molecule has 3 aromatic rings. The summed E-state index contributed by atoms with van der Waals surface area (Å²) in [6, 6.07) is 14.9. The Balaban J connectivity index is 1.72. The molecule has 1 N–H and O–H groups in total. The van der Waals surface area contributed by atoms with Crippen LogP contribution in [-0.4, -0.2) is 23.2 Å². The Bertz CT molecular complexity index is 1020. The Kier molecular flexibility index (Phi) is 5.06. The Morgan fingerprint density at radius 1 is 1.00 bits per heavy atom. The van der Waals surface area contributed by atoms with Crippen molar-refractivity contribution in [3.8, 4) is 0 Å². The van der Waals surface area contributed by atoms with E-state index in [-0.39, 0.29) is 16.3 Å². The van der Waals surface area contributed by atoms with Gasteiger partial charge in [0.1, 0.15) is 6.33 Å². The van der Waals surface area contributed by atoms with Crippen molar-refractivity contribution in [1.29, 1.82) is 0 Å². The maximum Gasteiger partial charge on any atom is 0.264 e. The van der Waals surface area contributed by atoms with Gasteiger partial charge in [0, 0.05) is 0 Å². The molecule has 0 saturated carbocycles. The average Bonchev–Trinajstić information content (AvgIpc) is 3.02. The number of nitrogens with one attached hydrogen (secondary N) is 1. The van der Waals surface area contributed by atoms with Crippen molar-refractivity contribution in [2.24, 2.45) is 0 Å². The number of aryl methyl sites for hydroxylation is 1. The first-order chi connectivity index (χ1) is 12.6. The molecule has 0 radical (unpaired) electrons. The number of anilines is 1. The Morgan fingerprint density at radius 3 is 2.22 bits per heavy atom. The van der Waals surface area contributed by atoms with E-state index in [4.69, 9.17) is 0 Å². The van der Waals surface area contributed by atoms with Crippen molar-refractivity contribution in [3.63, 3.8) is 0 Å². The molecule has 1 aromatic heterocycles. The summed E-state index contributed by atoms with van der Waals surface area (Å²) in [5.41, 5.74) is 3.29. The molecule has 0 aliphatic carbocycles. The Morgan fingerprint density at radius 2 is 1.63 bits per heavy atom. The molecular formula is C20H24N4O2S. The molecule has 142 valence electrons. The molecule has 0 saturated heterocycles. The molecule has 1 heterocycles. The van der Waals surface area contributed by atoms with Gasteiger partial charge in [-0.3, -0.25) is 0 Å². The average molecular weight is 385 g/mol. The second-order valence-electron chi connectivity index (χ2n) is 7.63. The van der Waals surface area contributed by atoms with Crippen molar-refractivity contribution >= 4 is 16.0 Å². The predicted octanol–water partition coefficient (Wildman–Crippen LogP) is 3.73. The van der Waals surface area contributed by atoms with E-state index in [0.29, 0.717) is 6.54 Å². The van der Waals surface area contributed by atoms with Crippen molar-refractivity contribution in [1.82, 2.24) is 14.8 Å². The van der Waals surface area contributed by atoms with Crippen LogP contribution in [0.5, 0.6) is 0 Å². The lowest BCUT2D eigenvalue weighted by molar-refractivity contribution is 0.587. The summed E-state index contributed by atoms with van der Waals surface area (Å²) in [5, 5.41) is 4.21. The maximum absolute atomic E-state index is 12.6. The lowest BCUT2D eigenvalue weighted by atomic mass is 9.87. The van der Waals surface area contributed by atoms with Crippen LogP contribution in [0, 0.1) is 6.92 Å². The fourth-order valence-electron chi connectivity index (χ4n) is 2.61. The molecule has 0 atom stereocenters. The number of hydrogen-bond acceptors (Lipinski definition) is 4. The molecule has 0 unspecified atom stereocenters. The molecular weight excluding hydrogens is 360 g/mol. The summed E-state index contributed by atoms with van der Waals surface area (Å²) in [4.78, 5) is 4.24. The van der Waals surface area contributed by atoms with Crippen LogP contribution < -0.4 is 4.72 Å². The van der Waals surface area contributed by atoms with Crippen molar-refractivity contribution < 1.29 is 8.42 Å². The maximum atomic E-state index is 12.6. The van der Waals surface area contributed by atoms with Crippen LogP contribution in [-0.2, 0) is 22.0 Å². The first kappa shape index (κ1) is 19.1. The highest BCUT2D eigenvalue weighted by atomic mass is 32.2. The van der Waals surface area contributed by atoms with E-state index in [1.165, 1.54) is 11.9 Å². The van der Waals surface area contributed by atoms with Crippen molar-refractivity contribution in [3.05, 3.63) is 71.5 Å². The van der Waals surface area contributed by atoms with Crippen LogP contribution in [0.3, 0.4) is 0 Å². The van der Waals surface area contributed by atoms with E-state index in [9.17, 15) is 8.42 Å². The van der Waals surface area contributed by atoms with Gasteiger partial charge in [0.15, 0.2) is 0 Å². The zero-order valence-electron chi connectivity index (χ0n) is 16.0. The number of benzene rings is 2. The van der Waals surface area contributed by atoms with Gasteiger partial charge in [-0.05, 0) is 35.6 Å². The zero-order chi connectivity index (χ0) is 19.7. The fraction of sp³-hybridized carbons (Fsp3) is 0.300. The van der Waals surface area contributed by atoms with Gasteiger partial charge >= 0.3 is 0 Å². The Labute approximate surface area is 160 Å². The van der Waals surface area contributed by atoms with Crippen LogP contribution in [0.2, 0.25) is 0 Å². The third kappa shape index (κ3) is 4.74. The summed E-state index contributed by atoms with van der Waals surface area (Å²) < 4.78 is 29.2. The topological polar surface area (TPSA) is 76.9 Å². The smallest absolute Gasteiger partial charge is 0.246 e. The second kappa shape index (κ2) is 7.15. The van der Waals surface area contributed by atoms with E-state index in [2.05, 4.69) is 35.6 Å². The number of aromatic nitrogens is 3. The predicted molar refractivity (Wildman–Crippen MR) is 106 cm³/mol. The highest BCUT2D eigenvalue weighted by molar-refractivity contribution is 7.92. The summed E-state index contributed by atoms with van der Waals surface area (Å²) in [6.45, 7) is 8.80. The molecule has 27 heavy (non-hydrogen) atoms. The molecule has 0 amide bonds. The zero-order valence-corrected chi connectivity index (χ0v) is 16.8. The molecule has 0 aliphatic rings. The normalized spacial score (nSPS) is 12.1. The van der Waals surface area contributed by atoms with Crippen LogP contribution in [0.25, 0.3) is 0 Å². The molecule has 0 bridgehead atoms.